The first-order valence-electron chi connectivity index (χ1n) is 17.3. The Morgan fingerprint density at radius 3 is 2.52 bits per heavy atom. The maximum absolute atomic E-state index is 12.7. The molecule has 50 heavy (non-hydrogen) atoms. The first kappa shape index (κ1) is 35.6. The highest BCUT2D eigenvalue weighted by molar-refractivity contribution is 6.34. The van der Waals surface area contributed by atoms with Crippen molar-refractivity contribution in [2.45, 2.75) is 38.9 Å². The van der Waals surface area contributed by atoms with Gasteiger partial charge in [-0.1, -0.05) is 29.5 Å². The van der Waals surface area contributed by atoms with Crippen molar-refractivity contribution in [2.24, 2.45) is 5.73 Å². The second-order valence-electron chi connectivity index (χ2n) is 12.9. The predicted molar refractivity (Wildman–Crippen MR) is 189 cm³/mol. The molecule has 3 aliphatic rings. The first-order valence-corrected chi connectivity index (χ1v) is 17.6. The molecule has 3 N–H and O–H groups in total. The summed E-state index contributed by atoms with van der Waals surface area (Å²) in [4.78, 5) is 43.2. The van der Waals surface area contributed by atoms with Crippen LogP contribution in [0.5, 0.6) is 0 Å². The van der Waals surface area contributed by atoms with Crippen LogP contribution in [0.2, 0.25) is 5.02 Å². The van der Waals surface area contributed by atoms with Gasteiger partial charge in [0.1, 0.15) is 0 Å². The quantitative estimate of drug-likeness (QED) is 0.256. The Balaban J connectivity index is 1.17. The van der Waals surface area contributed by atoms with Crippen LogP contribution in [0.25, 0.3) is 11.3 Å². The van der Waals surface area contributed by atoms with E-state index < -0.39 is 11.8 Å². The molecule has 4 heterocycles. The number of morpholine rings is 2. The highest BCUT2D eigenvalue weighted by Gasteiger charge is 2.30. The third-order valence-electron chi connectivity index (χ3n) is 9.50. The summed E-state index contributed by atoms with van der Waals surface area (Å²) in [5.74, 6) is 4.57. The van der Waals surface area contributed by atoms with Gasteiger partial charge in [-0.2, -0.15) is 5.10 Å². The summed E-state index contributed by atoms with van der Waals surface area (Å²) < 4.78 is 13.0. The molecule has 3 aliphatic heterocycles. The second kappa shape index (κ2) is 16.6. The van der Waals surface area contributed by atoms with Crippen LogP contribution in [0.15, 0.2) is 42.5 Å². The molecule has 2 aromatic carbocycles. The average molecular weight is 702 g/mol. The molecular weight excluding hydrogens is 658 g/mol. The minimum Gasteiger partial charge on any atom is -0.379 e. The van der Waals surface area contributed by atoms with Gasteiger partial charge in [-0.3, -0.25) is 28.9 Å². The lowest BCUT2D eigenvalue weighted by Crippen LogP contribution is -2.44. The first-order chi connectivity index (χ1) is 24.3. The lowest BCUT2D eigenvalue weighted by molar-refractivity contribution is -0.144. The number of nitrogens with one attached hydrogen (secondary N) is 1. The van der Waals surface area contributed by atoms with Gasteiger partial charge in [0.05, 0.1) is 43.7 Å². The van der Waals surface area contributed by atoms with Crippen molar-refractivity contribution in [1.29, 1.82) is 0 Å². The lowest BCUT2D eigenvalue weighted by Gasteiger charge is -2.33. The van der Waals surface area contributed by atoms with E-state index in [0.717, 1.165) is 100 Å². The Morgan fingerprint density at radius 1 is 0.980 bits per heavy atom. The molecule has 3 amide bonds. The number of rotatable bonds is 9. The molecule has 1 aromatic heterocycles. The maximum Gasteiger partial charge on any atom is 0.311 e. The molecule has 0 aliphatic carbocycles. The van der Waals surface area contributed by atoms with Crippen LogP contribution in [0, 0.1) is 11.8 Å². The molecule has 1 atom stereocenters. The number of aromatic nitrogens is 2. The van der Waals surface area contributed by atoms with Crippen LogP contribution >= 0.6 is 11.6 Å². The average Bonchev–Trinajstić information content (AvgIpc) is 3.50. The van der Waals surface area contributed by atoms with Gasteiger partial charge in [0.15, 0.2) is 0 Å². The molecule has 6 rings (SSSR count). The number of primary amides is 1. The van der Waals surface area contributed by atoms with E-state index in [2.05, 4.69) is 33.9 Å². The topological polar surface area (TPSA) is 135 Å². The van der Waals surface area contributed by atoms with Crippen LogP contribution in [-0.4, -0.2) is 120 Å². The zero-order valence-corrected chi connectivity index (χ0v) is 29.2. The summed E-state index contributed by atoms with van der Waals surface area (Å²) in [5.41, 5.74) is 10.8. The molecule has 12 nitrogen and oxygen atoms in total. The number of aryl methyl sites for hydroxylation is 1. The Morgan fingerprint density at radius 2 is 1.76 bits per heavy atom. The van der Waals surface area contributed by atoms with Crippen molar-refractivity contribution >= 4 is 29.3 Å². The summed E-state index contributed by atoms with van der Waals surface area (Å²) in [5, 5.41) is 8.53. The second-order valence-corrected chi connectivity index (χ2v) is 13.3. The Labute approximate surface area is 297 Å². The minimum absolute atomic E-state index is 0.122. The third kappa shape index (κ3) is 8.72. The van der Waals surface area contributed by atoms with E-state index in [0.29, 0.717) is 41.7 Å². The fourth-order valence-corrected chi connectivity index (χ4v) is 6.79. The molecule has 2 fully saturated rings. The smallest absolute Gasteiger partial charge is 0.311 e. The Kier molecular flexibility index (Phi) is 11.8. The van der Waals surface area contributed by atoms with Gasteiger partial charge in [-0.15, -0.1) is 0 Å². The number of hydrogen-bond acceptors (Lipinski definition) is 8. The van der Waals surface area contributed by atoms with E-state index in [1.807, 2.05) is 28.9 Å². The van der Waals surface area contributed by atoms with Crippen LogP contribution in [0.4, 0.5) is 0 Å². The summed E-state index contributed by atoms with van der Waals surface area (Å²) in [6.07, 6.45) is 1.48. The molecular formula is C37H44ClN7O5. The fraction of sp³-hybridized carbons (Fsp3) is 0.459. The zero-order valence-electron chi connectivity index (χ0n) is 28.5. The number of fused-ring (bicyclic) bond motifs is 1. The van der Waals surface area contributed by atoms with Crippen molar-refractivity contribution in [2.75, 3.05) is 72.2 Å². The molecule has 0 bridgehead atoms. The highest BCUT2D eigenvalue weighted by atomic mass is 35.5. The van der Waals surface area contributed by atoms with Gasteiger partial charge < -0.3 is 25.4 Å². The SMILES string of the molecule is C[C@H]1COCCN1CCCn1nc(-c2ccc(Cl)c(C#Cc3ccc(C(=O)NCCN4CCOCC4)cc3)c2)c2c1CCN(C(=O)C(N)=O)C2. The van der Waals surface area contributed by atoms with Crippen molar-refractivity contribution < 1.29 is 23.9 Å². The fourth-order valence-electron chi connectivity index (χ4n) is 6.62. The van der Waals surface area contributed by atoms with Crippen LogP contribution < -0.4 is 11.1 Å². The zero-order chi connectivity index (χ0) is 35.0. The van der Waals surface area contributed by atoms with Crippen LogP contribution in [-0.2, 0) is 38.6 Å². The van der Waals surface area contributed by atoms with Gasteiger partial charge in [0.25, 0.3) is 5.91 Å². The Hall–Kier alpha value is -4.25. The van der Waals surface area contributed by atoms with Crippen molar-refractivity contribution in [3.63, 3.8) is 0 Å². The maximum atomic E-state index is 12.7. The summed E-state index contributed by atoms with van der Waals surface area (Å²) in [7, 11) is 0. The minimum atomic E-state index is -0.969. The number of ether oxygens (including phenoxy) is 2. The summed E-state index contributed by atoms with van der Waals surface area (Å²) in [6, 6.07) is 13.2. The van der Waals surface area contributed by atoms with Crippen molar-refractivity contribution in [3.05, 3.63) is 75.4 Å². The normalized spacial score (nSPS) is 18.2. The molecule has 264 valence electrons. The van der Waals surface area contributed by atoms with E-state index in [1.54, 1.807) is 18.2 Å². The van der Waals surface area contributed by atoms with Gasteiger partial charge >= 0.3 is 11.8 Å². The molecule has 0 unspecified atom stereocenters. The molecule has 13 heteroatoms. The van der Waals surface area contributed by atoms with Gasteiger partial charge in [0, 0.05) is 98.3 Å². The van der Waals surface area contributed by atoms with Crippen molar-refractivity contribution in [1.82, 2.24) is 29.8 Å². The van der Waals surface area contributed by atoms with Gasteiger partial charge in [-0.25, -0.2) is 0 Å². The Bertz CT molecular complexity index is 1760. The van der Waals surface area contributed by atoms with E-state index in [9.17, 15) is 14.4 Å². The number of nitrogens with zero attached hydrogens (tertiary/aromatic N) is 5. The standard InChI is InChI=1S/C37H44ClN7O5/c1-26-25-50-22-19-43(26)13-2-14-45-33-11-15-44(37(48)35(39)46)24-31(33)34(41-45)30-9-10-32(38)29(23-30)8-5-27-3-6-28(7-4-27)36(47)40-12-16-42-17-20-49-21-18-42/h3-4,6-7,9-10,23,26H,2,11-22,24-25H2,1H3,(H2,39,46)(H,40,47)/t26-/m0/s1. The number of halogens is 1. The van der Waals surface area contributed by atoms with Gasteiger partial charge in [0.2, 0.25) is 0 Å². The number of benzene rings is 2. The molecule has 0 saturated carbocycles. The van der Waals surface area contributed by atoms with Gasteiger partial charge in [-0.05, 0) is 49.7 Å². The number of nitrogens with two attached hydrogens (primary N) is 1. The predicted octanol–water partition coefficient (Wildman–Crippen LogP) is 2.15. The molecule has 0 spiro atoms. The number of hydrogen-bond donors (Lipinski definition) is 2. The van der Waals surface area contributed by atoms with E-state index in [4.69, 9.17) is 31.9 Å². The van der Waals surface area contributed by atoms with E-state index in [-0.39, 0.29) is 12.5 Å². The largest absolute Gasteiger partial charge is 0.379 e. The third-order valence-corrected chi connectivity index (χ3v) is 9.83. The molecule has 0 radical (unpaired) electrons. The number of carbonyl (C=O) groups excluding carboxylic acids is 3. The summed E-state index contributed by atoms with van der Waals surface area (Å²) in [6.45, 7) is 11.5. The molecule has 2 saturated heterocycles. The van der Waals surface area contributed by atoms with Crippen molar-refractivity contribution in [3.8, 4) is 23.1 Å². The molecule has 3 aromatic rings. The number of amides is 3. The highest BCUT2D eigenvalue weighted by Crippen LogP contribution is 2.32. The number of carbonyl (C=O) groups is 3. The van der Waals surface area contributed by atoms with E-state index >= 15 is 0 Å². The monoisotopic (exact) mass is 701 g/mol. The van der Waals surface area contributed by atoms with E-state index in [1.165, 1.54) is 4.90 Å². The van der Waals surface area contributed by atoms with Crippen LogP contribution in [0.1, 0.15) is 46.1 Å². The van der Waals surface area contributed by atoms with Crippen LogP contribution in [0.3, 0.4) is 0 Å². The summed E-state index contributed by atoms with van der Waals surface area (Å²) >= 11 is 6.61. The lowest BCUT2D eigenvalue weighted by atomic mass is 9.99.